The highest BCUT2D eigenvalue weighted by Gasteiger charge is 2.35. The van der Waals surface area contributed by atoms with Gasteiger partial charge in [0.15, 0.2) is 11.3 Å². The van der Waals surface area contributed by atoms with Gasteiger partial charge in [0, 0.05) is 0 Å². The Balaban J connectivity index is 2.16. The second-order valence-electron chi connectivity index (χ2n) is 4.11. The van der Waals surface area contributed by atoms with Crippen molar-refractivity contribution in [3.05, 3.63) is 42.4 Å². The van der Waals surface area contributed by atoms with Crippen LogP contribution in [0.25, 0.3) is 17.0 Å². The molecule has 0 aliphatic heterocycles. The summed E-state index contributed by atoms with van der Waals surface area (Å²) in [6.45, 7) is 0. The highest BCUT2D eigenvalue weighted by molar-refractivity contribution is 5.57. The first kappa shape index (κ1) is 12.4. The number of aromatic nitrogens is 4. The van der Waals surface area contributed by atoms with E-state index in [2.05, 4.69) is 15.1 Å². The van der Waals surface area contributed by atoms with Crippen LogP contribution in [0.2, 0.25) is 0 Å². The van der Waals surface area contributed by atoms with Gasteiger partial charge in [0.25, 0.3) is 0 Å². The van der Waals surface area contributed by atoms with Crippen LogP contribution in [-0.4, -0.2) is 19.6 Å². The normalized spacial score (nSPS) is 11.9. The fourth-order valence-electron chi connectivity index (χ4n) is 1.76. The highest BCUT2D eigenvalue weighted by atomic mass is 19.4. The molecule has 20 heavy (non-hydrogen) atoms. The molecule has 8 heteroatoms. The Hall–Kier alpha value is -2.64. The van der Waals surface area contributed by atoms with Crippen molar-refractivity contribution in [2.45, 2.75) is 6.18 Å². The topological polar surface area (TPSA) is 69.1 Å². The molecular weight excluding hydrogens is 271 g/mol. The monoisotopic (exact) mass is 279 g/mol. The van der Waals surface area contributed by atoms with Gasteiger partial charge in [-0.1, -0.05) is 0 Å². The number of anilines is 1. The van der Waals surface area contributed by atoms with Crippen LogP contribution in [0.4, 0.5) is 18.9 Å². The molecule has 0 bridgehead atoms. The van der Waals surface area contributed by atoms with E-state index in [-0.39, 0.29) is 5.65 Å². The predicted octanol–water partition coefficient (Wildman–Crippen LogP) is 2.39. The largest absolute Gasteiger partial charge is 0.435 e. The summed E-state index contributed by atoms with van der Waals surface area (Å²) in [6, 6.07) is 6.21. The average molecular weight is 279 g/mol. The van der Waals surface area contributed by atoms with Crippen molar-refractivity contribution in [3.8, 4) is 11.4 Å². The van der Waals surface area contributed by atoms with Gasteiger partial charge in [-0.25, -0.2) is 9.50 Å². The van der Waals surface area contributed by atoms with Crippen LogP contribution in [0.1, 0.15) is 5.69 Å². The molecule has 0 aliphatic carbocycles. The molecule has 2 N–H and O–H groups in total. The second kappa shape index (κ2) is 4.19. The summed E-state index contributed by atoms with van der Waals surface area (Å²) in [7, 11) is 0. The minimum Gasteiger partial charge on any atom is -0.397 e. The number of rotatable bonds is 1. The van der Waals surface area contributed by atoms with Crippen LogP contribution in [0, 0.1) is 0 Å². The van der Waals surface area contributed by atoms with Gasteiger partial charge in [0.05, 0.1) is 23.8 Å². The quantitative estimate of drug-likeness (QED) is 0.742. The molecule has 0 unspecified atom stereocenters. The molecule has 0 amide bonds. The molecule has 5 nitrogen and oxygen atoms in total. The van der Waals surface area contributed by atoms with E-state index in [0.29, 0.717) is 17.1 Å². The van der Waals surface area contributed by atoms with E-state index in [0.717, 1.165) is 10.7 Å². The summed E-state index contributed by atoms with van der Waals surface area (Å²) in [6.07, 6.45) is -2.35. The standard InChI is InChI=1S/C12H8F3N5/c13-12(14,15)10-6-18-11-4-3-9(19-20(10)11)8-2-1-7(16)5-17-8/h1-6H,16H2. The maximum atomic E-state index is 12.8. The number of fused-ring (bicyclic) bond motifs is 1. The number of nitrogens with zero attached hydrogens (tertiary/aromatic N) is 4. The van der Waals surface area contributed by atoms with Crippen molar-refractivity contribution in [1.29, 1.82) is 0 Å². The summed E-state index contributed by atoms with van der Waals surface area (Å²) >= 11 is 0. The van der Waals surface area contributed by atoms with E-state index in [1.165, 1.54) is 12.3 Å². The lowest BCUT2D eigenvalue weighted by Crippen LogP contribution is -2.11. The van der Waals surface area contributed by atoms with Crippen LogP contribution < -0.4 is 5.73 Å². The summed E-state index contributed by atoms with van der Waals surface area (Å²) in [5, 5.41) is 3.93. The van der Waals surface area contributed by atoms with Crippen molar-refractivity contribution in [2.24, 2.45) is 0 Å². The van der Waals surface area contributed by atoms with Gasteiger partial charge in [0.1, 0.15) is 5.69 Å². The molecule has 0 saturated carbocycles. The lowest BCUT2D eigenvalue weighted by molar-refractivity contribution is -0.142. The molecular formula is C12H8F3N5. The molecule has 3 aromatic rings. The lowest BCUT2D eigenvalue weighted by atomic mass is 10.2. The first-order valence-corrected chi connectivity index (χ1v) is 5.59. The number of alkyl halides is 3. The Morgan fingerprint density at radius 2 is 1.70 bits per heavy atom. The first-order chi connectivity index (χ1) is 9.45. The molecule has 3 heterocycles. The zero-order valence-corrected chi connectivity index (χ0v) is 9.96. The van der Waals surface area contributed by atoms with Crippen LogP contribution in [0.5, 0.6) is 0 Å². The Morgan fingerprint density at radius 1 is 0.950 bits per heavy atom. The van der Waals surface area contributed by atoms with Crippen molar-refractivity contribution < 1.29 is 13.2 Å². The summed E-state index contributed by atoms with van der Waals surface area (Å²) in [4.78, 5) is 7.70. The number of imidazole rings is 1. The zero-order chi connectivity index (χ0) is 14.3. The van der Waals surface area contributed by atoms with Crippen molar-refractivity contribution >= 4 is 11.3 Å². The van der Waals surface area contributed by atoms with E-state index in [4.69, 9.17) is 5.73 Å². The number of hydrogen-bond acceptors (Lipinski definition) is 4. The van der Waals surface area contributed by atoms with E-state index in [1.807, 2.05) is 0 Å². The predicted molar refractivity (Wildman–Crippen MR) is 65.6 cm³/mol. The minimum absolute atomic E-state index is 0.122. The van der Waals surface area contributed by atoms with Gasteiger partial charge < -0.3 is 5.73 Å². The second-order valence-corrected chi connectivity index (χ2v) is 4.11. The SMILES string of the molecule is Nc1ccc(-c2ccc3ncc(C(F)(F)F)n3n2)nc1. The Kier molecular flexibility index (Phi) is 2.60. The molecule has 3 aromatic heterocycles. The third-order valence-electron chi connectivity index (χ3n) is 2.70. The third-order valence-corrected chi connectivity index (χ3v) is 2.70. The van der Waals surface area contributed by atoms with Gasteiger partial charge in [-0.15, -0.1) is 0 Å². The maximum Gasteiger partial charge on any atom is 0.435 e. The van der Waals surface area contributed by atoms with Crippen molar-refractivity contribution in [2.75, 3.05) is 5.73 Å². The van der Waals surface area contributed by atoms with E-state index in [1.54, 1.807) is 18.2 Å². The van der Waals surface area contributed by atoms with Gasteiger partial charge in [-0.2, -0.15) is 18.3 Å². The molecule has 0 saturated heterocycles. The molecule has 0 aliphatic rings. The molecule has 102 valence electrons. The maximum absolute atomic E-state index is 12.8. The third kappa shape index (κ3) is 2.04. The molecule has 0 spiro atoms. The Morgan fingerprint density at radius 3 is 2.35 bits per heavy atom. The average Bonchev–Trinajstić information content (AvgIpc) is 2.82. The van der Waals surface area contributed by atoms with Gasteiger partial charge >= 0.3 is 6.18 Å². The summed E-state index contributed by atoms with van der Waals surface area (Å²) in [5.74, 6) is 0. The zero-order valence-electron chi connectivity index (χ0n) is 9.96. The Labute approximate surface area is 110 Å². The van der Waals surface area contributed by atoms with Crippen LogP contribution >= 0.6 is 0 Å². The van der Waals surface area contributed by atoms with Gasteiger partial charge in [-0.3, -0.25) is 4.98 Å². The molecule has 0 radical (unpaired) electrons. The smallest absolute Gasteiger partial charge is 0.397 e. The minimum atomic E-state index is -4.51. The van der Waals surface area contributed by atoms with Crippen LogP contribution in [0.3, 0.4) is 0 Å². The molecule has 3 rings (SSSR count). The number of halogens is 3. The van der Waals surface area contributed by atoms with Gasteiger partial charge in [-0.05, 0) is 24.3 Å². The van der Waals surface area contributed by atoms with E-state index >= 15 is 0 Å². The Bertz CT molecular complexity index is 761. The molecule has 0 fully saturated rings. The van der Waals surface area contributed by atoms with E-state index in [9.17, 15) is 13.2 Å². The first-order valence-electron chi connectivity index (χ1n) is 5.59. The number of nitrogens with two attached hydrogens (primary N) is 1. The van der Waals surface area contributed by atoms with Crippen LogP contribution in [0.15, 0.2) is 36.7 Å². The fraction of sp³-hybridized carbons (Fsp3) is 0.0833. The van der Waals surface area contributed by atoms with Crippen molar-refractivity contribution in [3.63, 3.8) is 0 Å². The highest BCUT2D eigenvalue weighted by Crippen LogP contribution is 2.29. The summed E-state index contributed by atoms with van der Waals surface area (Å²) in [5.41, 5.74) is 5.91. The molecule has 0 atom stereocenters. The van der Waals surface area contributed by atoms with Crippen molar-refractivity contribution in [1.82, 2.24) is 19.6 Å². The number of pyridine rings is 1. The van der Waals surface area contributed by atoms with Crippen LogP contribution in [-0.2, 0) is 6.18 Å². The fourth-order valence-corrected chi connectivity index (χ4v) is 1.76. The van der Waals surface area contributed by atoms with Gasteiger partial charge in [0.2, 0.25) is 0 Å². The summed E-state index contributed by atoms with van der Waals surface area (Å²) < 4.78 is 39.2. The van der Waals surface area contributed by atoms with E-state index < -0.39 is 11.9 Å². The number of nitrogen functional groups attached to an aromatic ring is 1. The molecule has 0 aromatic carbocycles. The lowest BCUT2D eigenvalue weighted by Gasteiger charge is -2.06. The number of hydrogen-bond donors (Lipinski definition) is 1.